The molecule has 0 saturated heterocycles. The van der Waals surface area contributed by atoms with E-state index in [0.717, 1.165) is 5.56 Å². The molecule has 0 spiro atoms. The molecule has 16 heavy (non-hydrogen) atoms. The Bertz CT molecular complexity index is 434. The van der Waals surface area contributed by atoms with E-state index in [-0.39, 0.29) is 17.0 Å². The SMILES string of the molecule is Br.Nc1ncccc1OCc1ccccc1. The summed E-state index contributed by atoms with van der Waals surface area (Å²) in [4.78, 5) is 3.94. The van der Waals surface area contributed by atoms with Gasteiger partial charge < -0.3 is 10.5 Å². The van der Waals surface area contributed by atoms with Crippen LogP contribution in [0.3, 0.4) is 0 Å². The van der Waals surface area contributed by atoms with Crippen LogP contribution in [0.2, 0.25) is 0 Å². The number of nitrogens with zero attached hydrogens (tertiary/aromatic N) is 1. The van der Waals surface area contributed by atoms with Gasteiger partial charge in [-0.3, -0.25) is 0 Å². The molecule has 0 aliphatic heterocycles. The summed E-state index contributed by atoms with van der Waals surface area (Å²) in [5.41, 5.74) is 6.76. The van der Waals surface area contributed by atoms with Crippen molar-refractivity contribution in [2.24, 2.45) is 0 Å². The number of benzene rings is 1. The number of halogens is 1. The Balaban J connectivity index is 0.00000128. The van der Waals surface area contributed by atoms with Crippen molar-refractivity contribution in [1.82, 2.24) is 4.98 Å². The average molecular weight is 281 g/mol. The Kier molecular flexibility index (Phi) is 4.79. The van der Waals surface area contributed by atoms with Gasteiger partial charge in [0.25, 0.3) is 0 Å². The first kappa shape index (κ1) is 12.5. The summed E-state index contributed by atoms with van der Waals surface area (Å²) >= 11 is 0. The van der Waals surface area contributed by atoms with E-state index >= 15 is 0 Å². The van der Waals surface area contributed by atoms with Crippen molar-refractivity contribution in [2.45, 2.75) is 6.61 Å². The number of aromatic nitrogens is 1. The van der Waals surface area contributed by atoms with Crippen molar-refractivity contribution < 1.29 is 4.74 Å². The van der Waals surface area contributed by atoms with E-state index in [1.54, 1.807) is 12.3 Å². The summed E-state index contributed by atoms with van der Waals surface area (Å²) in [7, 11) is 0. The molecule has 0 amide bonds. The number of hydrogen-bond acceptors (Lipinski definition) is 3. The molecule has 0 radical (unpaired) electrons. The third-order valence-electron chi connectivity index (χ3n) is 2.04. The van der Waals surface area contributed by atoms with Crippen LogP contribution < -0.4 is 10.5 Å². The molecule has 1 heterocycles. The normalized spacial score (nSPS) is 9.25. The van der Waals surface area contributed by atoms with Gasteiger partial charge in [0.2, 0.25) is 0 Å². The molecule has 0 fully saturated rings. The molecule has 2 aromatic rings. The van der Waals surface area contributed by atoms with Gasteiger partial charge in [-0.05, 0) is 17.7 Å². The van der Waals surface area contributed by atoms with Gasteiger partial charge in [0.1, 0.15) is 6.61 Å². The minimum Gasteiger partial charge on any atom is -0.485 e. The molecule has 0 bridgehead atoms. The maximum Gasteiger partial charge on any atom is 0.166 e. The van der Waals surface area contributed by atoms with Crippen molar-refractivity contribution in [3.8, 4) is 5.75 Å². The van der Waals surface area contributed by atoms with Crippen LogP contribution in [0.5, 0.6) is 5.75 Å². The fourth-order valence-electron chi connectivity index (χ4n) is 1.26. The summed E-state index contributed by atoms with van der Waals surface area (Å²) in [6.07, 6.45) is 1.64. The summed E-state index contributed by atoms with van der Waals surface area (Å²) < 4.78 is 5.54. The van der Waals surface area contributed by atoms with Gasteiger partial charge in [-0.1, -0.05) is 30.3 Å². The minimum atomic E-state index is 0. The lowest BCUT2D eigenvalue weighted by Crippen LogP contribution is -1.99. The Morgan fingerprint density at radius 1 is 1.06 bits per heavy atom. The number of hydrogen-bond donors (Lipinski definition) is 1. The Hall–Kier alpha value is -1.55. The maximum atomic E-state index is 5.65. The summed E-state index contributed by atoms with van der Waals surface area (Å²) in [5.74, 6) is 1.05. The molecule has 1 aromatic heterocycles. The molecular formula is C12H13BrN2O. The van der Waals surface area contributed by atoms with Crippen molar-refractivity contribution in [1.29, 1.82) is 0 Å². The highest BCUT2D eigenvalue weighted by Gasteiger charge is 1.99. The molecule has 0 aliphatic rings. The van der Waals surface area contributed by atoms with Gasteiger partial charge in [0.15, 0.2) is 11.6 Å². The molecule has 0 atom stereocenters. The first-order valence-electron chi connectivity index (χ1n) is 4.73. The first-order valence-corrected chi connectivity index (χ1v) is 4.73. The van der Waals surface area contributed by atoms with E-state index in [0.29, 0.717) is 18.2 Å². The zero-order valence-electron chi connectivity index (χ0n) is 8.67. The average Bonchev–Trinajstić information content (AvgIpc) is 2.29. The van der Waals surface area contributed by atoms with Crippen molar-refractivity contribution in [3.05, 3.63) is 54.2 Å². The Labute approximate surface area is 105 Å². The second-order valence-electron chi connectivity index (χ2n) is 3.16. The molecule has 2 rings (SSSR count). The summed E-state index contributed by atoms with van der Waals surface area (Å²) in [6.45, 7) is 0.511. The van der Waals surface area contributed by atoms with E-state index in [2.05, 4.69) is 4.98 Å². The first-order chi connectivity index (χ1) is 7.36. The third-order valence-corrected chi connectivity index (χ3v) is 2.04. The van der Waals surface area contributed by atoms with Gasteiger partial charge in [0, 0.05) is 6.20 Å². The van der Waals surface area contributed by atoms with Crippen molar-refractivity contribution in [3.63, 3.8) is 0 Å². The lowest BCUT2D eigenvalue weighted by Gasteiger charge is -2.07. The molecule has 1 aromatic carbocycles. The van der Waals surface area contributed by atoms with Gasteiger partial charge in [0.05, 0.1) is 0 Å². The highest BCUT2D eigenvalue weighted by Crippen LogP contribution is 2.18. The molecule has 0 aliphatic carbocycles. The molecule has 0 unspecified atom stereocenters. The van der Waals surface area contributed by atoms with Crippen LogP contribution in [0.15, 0.2) is 48.7 Å². The van der Waals surface area contributed by atoms with Gasteiger partial charge >= 0.3 is 0 Å². The molecule has 84 valence electrons. The number of nitrogens with two attached hydrogens (primary N) is 1. The van der Waals surface area contributed by atoms with Crippen LogP contribution in [-0.4, -0.2) is 4.98 Å². The predicted molar refractivity (Wildman–Crippen MR) is 69.7 cm³/mol. The topological polar surface area (TPSA) is 48.1 Å². The van der Waals surface area contributed by atoms with Crippen LogP contribution in [0.1, 0.15) is 5.56 Å². The van der Waals surface area contributed by atoms with Crippen LogP contribution >= 0.6 is 17.0 Å². The zero-order chi connectivity index (χ0) is 10.5. The molecule has 0 saturated carbocycles. The lowest BCUT2D eigenvalue weighted by molar-refractivity contribution is 0.307. The number of ether oxygens (including phenoxy) is 1. The summed E-state index contributed by atoms with van der Waals surface area (Å²) in [5, 5.41) is 0. The van der Waals surface area contributed by atoms with Gasteiger partial charge in [-0.15, -0.1) is 17.0 Å². The second-order valence-corrected chi connectivity index (χ2v) is 3.16. The fourth-order valence-corrected chi connectivity index (χ4v) is 1.26. The Morgan fingerprint density at radius 2 is 1.81 bits per heavy atom. The molecule has 4 heteroatoms. The number of anilines is 1. The van der Waals surface area contributed by atoms with Crippen LogP contribution in [0, 0.1) is 0 Å². The largest absolute Gasteiger partial charge is 0.485 e. The predicted octanol–water partition coefficient (Wildman–Crippen LogP) is 2.82. The standard InChI is InChI=1S/C12H12N2O.BrH/c13-12-11(7-4-8-14-12)15-9-10-5-2-1-3-6-10;/h1-8H,9H2,(H2,13,14);1H. The van der Waals surface area contributed by atoms with Crippen LogP contribution in [-0.2, 0) is 6.61 Å². The highest BCUT2D eigenvalue weighted by atomic mass is 79.9. The highest BCUT2D eigenvalue weighted by molar-refractivity contribution is 8.93. The lowest BCUT2D eigenvalue weighted by atomic mass is 10.2. The van der Waals surface area contributed by atoms with E-state index in [1.807, 2.05) is 36.4 Å². The fraction of sp³-hybridized carbons (Fsp3) is 0.0833. The molecular weight excluding hydrogens is 268 g/mol. The minimum absolute atomic E-state index is 0. The molecule has 3 nitrogen and oxygen atoms in total. The second kappa shape index (κ2) is 6.12. The Morgan fingerprint density at radius 3 is 2.50 bits per heavy atom. The molecule has 2 N–H and O–H groups in total. The summed E-state index contributed by atoms with van der Waals surface area (Å²) in [6, 6.07) is 13.6. The zero-order valence-corrected chi connectivity index (χ0v) is 10.4. The smallest absolute Gasteiger partial charge is 0.166 e. The monoisotopic (exact) mass is 280 g/mol. The van der Waals surface area contributed by atoms with E-state index in [4.69, 9.17) is 10.5 Å². The number of nitrogen functional groups attached to an aromatic ring is 1. The third kappa shape index (κ3) is 3.24. The quantitative estimate of drug-likeness (QED) is 0.941. The van der Waals surface area contributed by atoms with Crippen LogP contribution in [0.4, 0.5) is 5.82 Å². The van der Waals surface area contributed by atoms with Crippen molar-refractivity contribution >= 4 is 22.8 Å². The maximum absolute atomic E-state index is 5.65. The number of pyridine rings is 1. The van der Waals surface area contributed by atoms with Gasteiger partial charge in [-0.2, -0.15) is 0 Å². The van der Waals surface area contributed by atoms with E-state index < -0.39 is 0 Å². The van der Waals surface area contributed by atoms with E-state index in [9.17, 15) is 0 Å². The van der Waals surface area contributed by atoms with Crippen LogP contribution in [0.25, 0.3) is 0 Å². The number of rotatable bonds is 3. The van der Waals surface area contributed by atoms with Crippen molar-refractivity contribution in [2.75, 3.05) is 5.73 Å². The van der Waals surface area contributed by atoms with E-state index in [1.165, 1.54) is 0 Å². The van der Waals surface area contributed by atoms with Gasteiger partial charge in [-0.25, -0.2) is 4.98 Å².